The van der Waals surface area contributed by atoms with Gasteiger partial charge in [-0.2, -0.15) is 5.10 Å². The van der Waals surface area contributed by atoms with Gasteiger partial charge in [-0.3, -0.25) is 4.79 Å². The van der Waals surface area contributed by atoms with Crippen molar-refractivity contribution < 1.29 is 9.59 Å². The van der Waals surface area contributed by atoms with Crippen LogP contribution in [0.3, 0.4) is 0 Å². The second-order valence-electron chi connectivity index (χ2n) is 5.96. The first kappa shape index (κ1) is 17.5. The molecule has 4 N–H and O–H groups in total. The van der Waals surface area contributed by atoms with Crippen LogP contribution in [0.25, 0.3) is 5.82 Å². The summed E-state index contributed by atoms with van der Waals surface area (Å²) >= 11 is 0. The van der Waals surface area contributed by atoms with Crippen molar-refractivity contribution in [3.05, 3.63) is 35.8 Å². The molecule has 0 saturated heterocycles. The molecule has 24 heavy (non-hydrogen) atoms. The molecule has 0 bridgehead atoms. The molecule has 0 saturated carbocycles. The summed E-state index contributed by atoms with van der Waals surface area (Å²) in [6.45, 7) is 7.50. The van der Waals surface area contributed by atoms with E-state index >= 15 is 0 Å². The van der Waals surface area contributed by atoms with E-state index in [1.807, 2.05) is 33.8 Å². The van der Waals surface area contributed by atoms with E-state index in [4.69, 9.17) is 5.73 Å². The van der Waals surface area contributed by atoms with Crippen molar-refractivity contribution in [2.75, 3.05) is 5.32 Å². The van der Waals surface area contributed by atoms with Crippen LogP contribution in [0.15, 0.2) is 24.4 Å². The highest BCUT2D eigenvalue weighted by molar-refractivity contribution is 5.96. The lowest BCUT2D eigenvalue weighted by molar-refractivity contribution is -0.118. The molecule has 0 aliphatic heterocycles. The summed E-state index contributed by atoms with van der Waals surface area (Å²) in [6.07, 6.45) is 1.55. The molecule has 2 aromatic rings. The molecule has 0 aliphatic carbocycles. The Bertz CT molecular complexity index is 736. The largest absolute Gasteiger partial charge is 0.352 e. The predicted molar refractivity (Wildman–Crippen MR) is 90.8 cm³/mol. The number of nitrogens with one attached hydrogen (secondary N) is 2. The number of pyridine rings is 1. The van der Waals surface area contributed by atoms with Gasteiger partial charge >= 0.3 is 6.03 Å². The van der Waals surface area contributed by atoms with Crippen LogP contribution in [0.2, 0.25) is 0 Å². The second kappa shape index (κ2) is 7.12. The van der Waals surface area contributed by atoms with E-state index in [1.54, 1.807) is 23.0 Å². The lowest BCUT2D eigenvalue weighted by Gasteiger charge is -2.20. The molecule has 8 heteroatoms. The Kier molecular flexibility index (Phi) is 5.18. The monoisotopic (exact) mass is 330 g/mol. The molecule has 2 aromatic heterocycles. The summed E-state index contributed by atoms with van der Waals surface area (Å²) in [5, 5.41) is 9.53. The molecule has 8 nitrogen and oxygen atoms in total. The van der Waals surface area contributed by atoms with Crippen molar-refractivity contribution in [2.45, 2.75) is 33.7 Å². The number of anilines is 1. The van der Waals surface area contributed by atoms with Crippen molar-refractivity contribution in [1.29, 1.82) is 0 Å². The van der Waals surface area contributed by atoms with E-state index in [0.717, 1.165) is 11.4 Å². The summed E-state index contributed by atoms with van der Waals surface area (Å²) < 4.78 is 1.73. The van der Waals surface area contributed by atoms with Crippen molar-refractivity contribution in [2.24, 2.45) is 11.7 Å². The van der Waals surface area contributed by atoms with E-state index in [0.29, 0.717) is 11.5 Å². The summed E-state index contributed by atoms with van der Waals surface area (Å²) in [5.74, 6) is 0.221. The SMILES string of the molecule is Cc1cc(C)n(-c2ccc(NC(=O)C(NC(N)=O)C(C)C)cn2)n1. The van der Waals surface area contributed by atoms with Gasteiger partial charge in [-0.15, -0.1) is 0 Å². The molecule has 2 heterocycles. The van der Waals surface area contributed by atoms with Crippen LogP contribution >= 0.6 is 0 Å². The molecular weight excluding hydrogens is 308 g/mol. The zero-order chi connectivity index (χ0) is 17.9. The van der Waals surface area contributed by atoms with Gasteiger partial charge < -0.3 is 16.4 Å². The highest BCUT2D eigenvalue weighted by atomic mass is 16.2. The highest BCUT2D eigenvalue weighted by Crippen LogP contribution is 2.13. The second-order valence-corrected chi connectivity index (χ2v) is 5.96. The molecule has 0 spiro atoms. The van der Waals surface area contributed by atoms with Gasteiger partial charge in [0.15, 0.2) is 5.82 Å². The average Bonchev–Trinajstić information content (AvgIpc) is 2.83. The smallest absolute Gasteiger partial charge is 0.312 e. The van der Waals surface area contributed by atoms with Crippen molar-refractivity contribution in [3.8, 4) is 5.82 Å². The fourth-order valence-corrected chi connectivity index (χ4v) is 2.35. The van der Waals surface area contributed by atoms with Gasteiger partial charge in [0.1, 0.15) is 6.04 Å². The number of carbonyl (C=O) groups excluding carboxylic acids is 2. The van der Waals surface area contributed by atoms with Gasteiger partial charge in [-0.1, -0.05) is 13.8 Å². The van der Waals surface area contributed by atoms with Crippen LogP contribution in [-0.4, -0.2) is 32.7 Å². The number of primary amides is 1. The van der Waals surface area contributed by atoms with Gasteiger partial charge in [-0.25, -0.2) is 14.5 Å². The lowest BCUT2D eigenvalue weighted by Crippen LogP contribution is -2.49. The van der Waals surface area contributed by atoms with Crippen LogP contribution < -0.4 is 16.4 Å². The summed E-state index contributed by atoms with van der Waals surface area (Å²) in [7, 11) is 0. The van der Waals surface area contributed by atoms with Crippen molar-refractivity contribution in [1.82, 2.24) is 20.1 Å². The number of aryl methyl sites for hydroxylation is 2. The zero-order valence-electron chi connectivity index (χ0n) is 14.2. The Hall–Kier alpha value is -2.90. The Labute approximate surface area is 140 Å². The number of amides is 3. The van der Waals surface area contributed by atoms with E-state index in [2.05, 4.69) is 20.7 Å². The van der Waals surface area contributed by atoms with Gasteiger partial charge in [0.2, 0.25) is 5.91 Å². The Balaban J connectivity index is 2.12. The molecule has 0 fully saturated rings. The Morgan fingerprint density at radius 1 is 1.25 bits per heavy atom. The number of hydrogen-bond acceptors (Lipinski definition) is 4. The van der Waals surface area contributed by atoms with Gasteiger partial charge in [-0.05, 0) is 38.0 Å². The van der Waals surface area contributed by atoms with E-state index in [1.165, 1.54) is 0 Å². The molecule has 0 radical (unpaired) electrons. The summed E-state index contributed by atoms with van der Waals surface area (Å²) in [4.78, 5) is 27.6. The molecule has 2 rings (SSSR count). The minimum atomic E-state index is -0.734. The number of rotatable bonds is 5. The van der Waals surface area contributed by atoms with Crippen LogP contribution in [-0.2, 0) is 4.79 Å². The quantitative estimate of drug-likeness (QED) is 0.771. The first-order valence-corrected chi connectivity index (χ1v) is 7.64. The molecule has 3 amide bonds. The number of nitrogens with two attached hydrogens (primary N) is 1. The van der Waals surface area contributed by atoms with Gasteiger partial charge in [0.05, 0.1) is 17.6 Å². The number of carbonyl (C=O) groups is 2. The predicted octanol–water partition coefficient (Wildman–Crippen LogP) is 1.52. The molecule has 1 unspecified atom stereocenters. The fourth-order valence-electron chi connectivity index (χ4n) is 2.35. The maximum atomic E-state index is 12.3. The molecular formula is C16H22N6O2. The van der Waals surface area contributed by atoms with E-state index in [9.17, 15) is 9.59 Å². The summed E-state index contributed by atoms with van der Waals surface area (Å²) in [5.41, 5.74) is 7.52. The third-order valence-electron chi connectivity index (χ3n) is 3.49. The van der Waals surface area contributed by atoms with Crippen LogP contribution in [0.1, 0.15) is 25.2 Å². The molecule has 1 atom stereocenters. The van der Waals surface area contributed by atoms with E-state index in [-0.39, 0.29) is 11.8 Å². The van der Waals surface area contributed by atoms with Crippen LogP contribution in [0, 0.1) is 19.8 Å². The van der Waals surface area contributed by atoms with Crippen molar-refractivity contribution in [3.63, 3.8) is 0 Å². The van der Waals surface area contributed by atoms with E-state index < -0.39 is 12.1 Å². The third-order valence-corrected chi connectivity index (χ3v) is 3.49. The van der Waals surface area contributed by atoms with Gasteiger partial charge in [0.25, 0.3) is 0 Å². The number of nitrogens with zero attached hydrogens (tertiary/aromatic N) is 3. The van der Waals surface area contributed by atoms with Crippen LogP contribution in [0.5, 0.6) is 0 Å². The molecule has 0 aromatic carbocycles. The number of urea groups is 1. The Morgan fingerprint density at radius 2 is 1.96 bits per heavy atom. The zero-order valence-corrected chi connectivity index (χ0v) is 14.2. The lowest BCUT2D eigenvalue weighted by atomic mass is 10.0. The third kappa shape index (κ3) is 4.09. The fraction of sp³-hybridized carbons (Fsp3) is 0.375. The maximum absolute atomic E-state index is 12.3. The maximum Gasteiger partial charge on any atom is 0.312 e. The normalized spacial score (nSPS) is 12.0. The first-order valence-electron chi connectivity index (χ1n) is 7.64. The van der Waals surface area contributed by atoms with Crippen LogP contribution in [0.4, 0.5) is 10.5 Å². The van der Waals surface area contributed by atoms with Gasteiger partial charge in [0, 0.05) is 5.69 Å². The topological polar surface area (TPSA) is 115 Å². The Morgan fingerprint density at radius 3 is 2.42 bits per heavy atom. The summed E-state index contributed by atoms with van der Waals surface area (Å²) in [6, 6.07) is 4.01. The first-order chi connectivity index (χ1) is 11.3. The average molecular weight is 330 g/mol. The minimum Gasteiger partial charge on any atom is -0.352 e. The minimum absolute atomic E-state index is 0.0977. The number of aromatic nitrogens is 3. The standard InChI is InChI=1S/C16H22N6O2/c1-9(2)14(20-16(17)24)15(23)19-12-5-6-13(18-8-12)22-11(4)7-10(3)21-22/h5-9,14H,1-4H3,(H,19,23)(H3,17,20,24). The van der Waals surface area contributed by atoms with Crippen molar-refractivity contribution >= 4 is 17.6 Å². The highest BCUT2D eigenvalue weighted by Gasteiger charge is 2.23. The molecule has 128 valence electrons. The number of hydrogen-bond donors (Lipinski definition) is 3. The molecule has 0 aliphatic rings.